The van der Waals surface area contributed by atoms with E-state index >= 15 is 0 Å². The molecule has 798 valence electrons. The summed E-state index contributed by atoms with van der Waals surface area (Å²) < 4.78 is 0. The molecular weight excluding hydrogens is 1930 g/mol. The van der Waals surface area contributed by atoms with Gasteiger partial charge in [-0.15, -0.1) is 0 Å². The number of carboxylic acid groups (broad SMARTS) is 2. The number of aromatic amines is 1. The summed E-state index contributed by atoms with van der Waals surface area (Å²) in [6.45, 7) is 12.5. The Bertz CT molecular complexity index is 4730. The zero-order valence-corrected chi connectivity index (χ0v) is 83.2. The number of imidazole rings is 1. The van der Waals surface area contributed by atoms with Crippen LogP contribution in [0.15, 0.2) is 42.9 Å². The number of aliphatic hydroxyl groups excluding tert-OH is 5. The van der Waals surface area contributed by atoms with Gasteiger partial charge in [0.15, 0.2) is 0 Å². The number of carbonyl (C=O) groups is 23. The van der Waals surface area contributed by atoms with Gasteiger partial charge in [0.2, 0.25) is 124 Å². The summed E-state index contributed by atoms with van der Waals surface area (Å²) in [6.07, 6.45) is -3.08. The predicted molar refractivity (Wildman–Crippen MR) is 510 cm³/mol. The van der Waals surface area contributed by atoms with Gasteiger partial charge >= 0.3 is 11.9 Å². The molecule has 0 spiro atoms. The van der Waals surface area contributed by atoms with E-state index in [1.54, 1.807) is 64.3 Å². The molecule has 143 heavy (non-hydrogen) atoms. The summed E-state index contributed by atoms with van der Waals surface area (Å²) in [4.78, 5) is 319. The molecular formula is C87H138N24O30S2. The Morgan fingerprint density at radius 1 is 0.434 bits per heavy atom. The number of amides is 21. The largest absolute Gasteiger partial charge is 0.481 e. The van der Waals surface area contributed by atoms with Crippen molar-refractivity contribution in [1.29, 1.82) is 0 Å². The lowest BCUT2D eigenvalue weighted by Gasteiger charge is -2.32. The van der Waals surface area contributed by atoms with E-state index in [-0.39, 0.29) is 49.6 Å². The fourth-order valence-electron chi connectivity index (χ4n) is 13.9. The molecule has 1 aromatic carbocycles. The fraction of sp³-hybridized carbons (Fsp3) is 0.632. The van der Waals surface area contributed by atoms with Crippen molar-refractivity contribution in [1.82, 2.24) is 111 Å². The molecule has 0 aliphatic carbocycles. The lowest BCUT2D eigenvalue weighted by molar-refractivity contribution is -0.143. The van der Waals surface area contributed by atoms with Crippen molar-refractivity contribution in [3.05, 3.63) is 54.1 Å². The molecule has 1 aliphatic rings. The number of nitrogens with one attached hydrogen (secondary N) is 19. The van der Waals surface area contributed by atoms with Crippen molar-refractivity contribution in [2.75, 3.05) is 44.1 Å². The number of hydrogen-bond acceptors (Lipinski definition) is 32. The minimum Gasteiger partial charge on any atom is -0.481 e. The number of carbonyl (C=O) groups excluding carboxylic acids is 21. The zero-order valence-electron chi connectivity index (χ0n) is 81.5. The molecule has 0 bridgehead atoms. The van der Waals surface area contributed by atoms with Gasteiger partial charge in [-0.1, -0.05) is 71.9 Å². The van der Waals surface area contributed by atoms with Gasteiger partial charge in [-0.2, -0.15) is 24.4 Å². The topological polar surface area (TPSA) is 861 Å². The third-order valence-electron chi connectivity index (χ3n) is 22.2. The van der Waals surface area contributed by atoms with Crippen molar-refractivity contribution in [3.8, 4) is 0 Å². The number of carboxylic acids is 2. The number of rotatable bonds is 63. The average molecular weight is 2060 g/mol. The average Bonchev–Trinajstić information content (AvgIpc) is 1.70. The van der Waals surface area contributed by atoms with E-state index in [9.17, 15) is 146 Å². The Morgan fingerprint density at radius 2 is 0.797 bits per heavy atom. The summed E-state index contributed by atoms with van der Waals surface area (Å²) in [5.74, 6) is -27.7. The highest BCUT2D eigenvalue weighted by Gasteiger charge is 2.44. The molecule has 0 saturated carbocycles. The number of aromatic nitrogens is 2. The molecule has 3 rings (SSSR count). The van der Waals surface area contributed by atoms with Crippen LogP contribution in [0.5, 0.6) is 0 Å². The van der Waals surface area contributed by atoms with Crippen LogP contribution in [0.3, 0.4) is 0 Å². The van der Waals surface area contributed by atoms with Gasteiger partial charge in [-0.25, -0.2) is 9.78 Å². The van der Waals surface area contributed by atoms with Crippen LogP contribution in [0.2, 0.25) is 0 Å². The summed E-state index contributed by atoms with van der Waals surface area (Å²) in [5, 5.41) is 114. The van der Waals surface area contributed by atoms with Gasteiger partial charge in [0.25, 0.3) is 0 Å². The van der Waals surface area contributed by atoms with E-state index in [1.165, 1.54) is 63.8 Å². The quantitative estimate of drug-likeness (QED) is 0.0274. The summed E-state index contributed by atoms with van der Waals surface area (Å²) >= 11 is 5.38. The van der Waals surface area contributed by atoms with Gasteiger partial charge in [-0.05, 0) is 115 Å². The first-order valence-electron chi connectivity index (χ1n) is 45.9. The van der Waals surface area contributed by atoms with Crippen LogP contribution in [0.25, 0.3) is 0 Å². The molecule has 1 aliphatic heterocycles. The number of hydrogen-bond donors (Lipinski definition) is 30. The van der Waals surface area contributed by atoms with E-state index in [4.69, 9.17) is 17.2 Å². The molecule has 0 radical (unpaired) electrons. The van der Waals surface area contributed by atoms with Crippen LogP contribution in [0, 0.1) is 17.8 Å². The molecule has 22 atom stereocenters. The maximum Gasteiger partial charge on any atom is 0.327 e. The van der Waals surface area contributed by atoms with E-state index < -0.39 is 339 Å². The lowest BCUT2D eigenvalue weighted by atomic mass is 10.0. The molecule has 1 aromatic heterocycles. The summed E-state index contributed by atoms with van der Waals surface area (Å²) in [5.41, 5.74) is 17.2. The number of H-pyrrole nitrogens is 1. The van der Waals surface area contributed by atoms with Crippen LogP contribution < -0.4 is 113 Å². The first kappa shape index (κ1) is 124. The molecule has 2 heterocycles. The molecule has 2 aromatic rings. The number of primary amides is 2. The minimum atomic E-state index is -2.11. The number of nitrogens with two attached hydrogens (primary N) is 3. The van der Waals surface area contributed by atoms with Gasteiger partial charge in [0.05, 0.1) is 56.5 Å². The van der Waals surface area contributed by atoms with Gasteiger partial charge < -0.3 is 159 Å². The maximum absolute atomic E-state index is 14.9. The molecule has 56 heteroatoms. The Kier molecular flexibility index (Phi) is 53.3. The molecule has 21 amide bonds. The highest BCUT2D eigenvalue weighted by atomic mass is 32.2. The van der Waals surface area contributed by atoms with E-state index in [2.05, 4.69) is 118 Å². The number of aliphatic hydroxyl groups is 5. The first-order valence-corrected chi connectivity index (χ1v) is 47.9. The van der Waals surface area contributed by atoms with E-state index in [0.29, 0.717) is 17.7 Å². The highest BCUT2D eigenvalue weighted by molar-refractivity contribution is 7.98. The minimum absolute atomic E-state index is 0.0275. The Hall–Kier alpha value is -13.3. The van der Waals surface area contributed by atoms with Gasteiger partial charge in [0.1, 0.15) is 115 Å². The number of thiol groups is 1. The van der Waals surface area contributed by atoms with E-state index in [1.807, 2.05) is 0 Å². The number of nitrogens with zero attached hydrogens (tertiary/aromatic N) is 2. The van der Waals surface area contributed by atoms with Crippen LogP contribution in [0.1, 0.15) is 152 Å². The molecule has 54 nitrogen and oxygen atoms in total. The zero-order chi connectivity index (χ0) is 108. The van der Waals surface area contributed by atoms with Gasteiger partial charge in [-0.3, -0.25) is 105 Å². The second-order valence-electron chi connectivity index (χ2n) is 35.3. The van der Waals surface area contributed by atoms with Crippen molar-refractivity contribution in [2.24, 2.45) is 35.0 Å². The van der Waals surface area contributed by atoms with Crippen molar-refractivity contribution in [3.63, 3.8) is 0 Å². The first-order chi connectivity index (χ1) is 67.0. The Labute approximate surface area is 833 Å². The lowest BCUT2D eigenvalue weighted by Crippen LogP contribution is -2.63. The van der Waals surface area contributed by atoms with Crippen LogP contribution in [-0.4, -0.2) is 364 Å². The smallest absolute Gasteiger partial charge is 0.327 e. The Balaban J connectivity index is 1.79. The summed E-state index contributed by atoms with van der Waals surface area (Å²) in [6, 6.07) is -24.6. The van der Waals surface area contributed by atoms with Crippen LogP contribution in [-0.2, 0) is 123 Å². The maximum atomic E-state index is 14.9. The molecule has 1 saturated heterocycles. The van der Waals surface area contributed by atoms with Crippen molar-refractivity contribution >= 4 is 160 Å². The van der Waals surface area contributed by atoms with E-state index in [0.717, 1.165) is 20.8 Å². The second kappa shape index (κ2) is 61.5. The predicted octanol–water partition coefficient (Wildman–Crippen LogP) is -11.8. The highest BCUT2D eigenvalue weighted by Crippen LogP contribution is 2.23. The summed E-state index contributed by atoms with van der Waals surface area (Å²) in [7, 11) is 0. The number of likely N-dealkylation sites (tertiary alicyclic amines) is 1. The molecule has 0 unspecified atom stereocenters. The Morgan fingerprint density at radius 3 is 1.22 bits per heavy atom. The molecule has 32 N–H and O–H groups in total. The van der Waals surface area contributed by atoms with Crippen LogP contribution >= 0.6 is 24.4 Å². The number of thioether (sulfide) groups is 1. The SMILES string of the molecule is CSCC[C@H](N)C(=O)N[C@@H](C)C(=O)N[C@@H](C)C(=O)N[C@@H](CO)C(=O)N[C@@H](CCC(N)=O)C(=O)N[C@H](C(=O)N[C@@H](CO)C(=O)N[C@@H](CCC(N)=O)C(=O)N[C@H](C(=O)N[C@H](C(=O)N[C@@H](C)C(=O)N[C@@H](CO)C(=O)N[C@@H](Cc1c[nH]cn1)C(=O)N[C@H](C(=O)N1CCC[C@H]1C(=O)N[C@@H](Cc1ccccc1)C(=O)N[C@@H](C)C(=O)N[C@@H](CC(=O)O)C(=O)N[C@@H](CC(C)C)C(=O)N[C@@H](CS)C(=O)O)C(C)C)C(C)C)[C@@H](C)O)[C@@H](C)O. The van der Waals surface area contributed by atoms with Crippen molar-refractivity contribution < 1.29 is 146 Å². The number of aliphatic carboxylic acids is 2. The third-order valence-corrected chi connectivity index (χ3v) is 23.2. The third kappa shape index (κ3) is 42.0. The second-order valence-corrected chi connectivity index (χ2v) is 36.6. The molecule has 1 fully saturated rings. The fourth-order valence-corrected chi connectivity index (χ4v) is 14.6. The van der Waals surface area contributed by atoms with Crippen molar-refractivity contribution in [2.45, 2.75) is 287 Å². The standard InChI is InChI=1S/C87H138N24O30S2/c1-38(2)28-52(76(129)106-59(36-142)87(140)141)100-77(130)55(31-63(119)120)99-69(122)43(9)95-75(128)53(29-47-18-15-14-16-19-47)102-82(135)60-20-17-26-111(60)86(139)65(40(5)6)108-78(131)54(30-48-32-91-37-92-48)101-81(134)57(34-113)104-71(124)44(10)96-83(136)64(39(3)4)107-85(138)67(46(12)116)110-74(127)51(22-24-62(90)118)98-80(133)58(35-114)105-84(137)66(45(11)115)109-73(126)50(21-23-61(89)117)97-79(132)56(33-112)103-70(123)42(8)93-68(121)41(7)94-72(125)49(88)25-27-143-13/h14-16,18-19,32,37-46,49-60,64-67,112-116,142H,17,20-31,33-36,88H2,1-13H3,(H2,89,117)(H2,90,118)(H,91,92)(H,93,121)(H,94,125)(H,95,128)(H,96,136)(H,97,132)(H,98,133)(H,99,122)(H,100,130)(H,101,134)(H,102,135)(H,103,123)(H,104,124)(H,105,137)(H,106,129)(H,107,138)(H,108,131)(H,109,126)(H,110,127)(H,119,120)(H,140,141)/t41-,42-,43-,44-,45+,46+,49-,50-,51-,52-,53-,54-,55-,56-,57-,58-,59-,60-,64-,65-,66-,67-/m0/s1. The monoisotopic (exact) mass is 2060 g/mol. The number of benzene rings is 1. The normalized spacial score (nSPS) is 16.7. The van der Waals surface area contributed by atoms with Gasteiger partial charge in [0, 0.05) is 44.2 Å². The van der Waals surface area contributed by atoms with Crippen LogP contribution in [0.4, 0.5) is 0 Å².